The molecular formula is C13H13NO5S. The van der Waals surface area contributed by atoms with Crippen LogP contribution in [-0.2, 0) is 6.61 Å². The van der Waals surface area contributed by atoms with E-state index in [1.807, 2.05) is 0 Å². The molecule has 0 radical (unpaired) electrons. The largest absolute Gasteiger partial charge is 0.496 e. The molecule has 0 aliphatic heterocycles. The maximum Gasteiger partial charge on any atom is 0.365 e. The standard InChI is InChI=1S/C13H13NO5S/c1-17-9-3-10(18-2)5-11(4-9)19-6-8-7-20-12(14-8)13(15)16/h3-5,7H,6H2,1-2H3,(H,15,16). The lowest BCUT2D eigenvalue weighted by atomic mass is 10.3. The fraction of sp³-hybridized carbons (Fsp3) is 0.231. The van der Waals surface area contributed by atoms with Crippen molar-refractivity contribution < 1.29 is 24.1 Å². The van der Waals surface area contributed by atoms with Crippen LogP contribution in [0.4, 0.5) is 0 Å². The first kappa shape index (κ1) is 14.1. The van der Waals surface area contributed by atoms with Crippen LogP contribution in [-0.4, -0.2) is 30.3 Å². The third kappa shape index (κ3) is 3.39. The van der Waals surface area contributed by atoms with Gasteiger partial charge in [0, 0.05) is 23.6 Å². The topological polar surface area (TPSA) is 77.9 Å². The average molecular weight is 295 g/mol. The van der Waals surface area contributed by atoms with Gasteiger partial charge in [-0.25, -0.2) is 9.78 Å². The van der Waals surface area contributed by atoms with Crippen molar-refractivity contribution in [1.29, 1.82) is 0 Å². The summed E-state index contributed by atoms with van der Waals surface area (Å²) < 4.78 is 15.8. The van der Waals surface area contributed by atoms with Crippen molar-refractivity contribution in [3.8, 4) is 17.2 Å². The number of ether oxygens (including phenoxy) is 3. The third-order valence-electron chi connectivity index (χ3n) is 2.45. The second-order valence-electron chi connectivity index (χ2n) is 3.79. The van der Waals surface area contributed by atoms with Gasteiger partial charge in [-0.05, 0) is 0 Å². The minimum atomic E-state index is -1.04. The monoisotopic (exact) mass is 295 g/mol. The lowest BCUT2D eigenvalue weighted by molar-refractivity contribution is 0.0696. The average Bonchev–Trinajstić information content (AvgIpc) is 2.93. The molecule has 0 unspecified atom stereocenters. The van der Waals surface area contributed by atoms with Gasteiger partial charge in [-0.1, -0.05) is 0 Å². The highest BCUT2D eigenvalue weighted by Crippen LogP contribution is 2.28. The molecule has 1 aromatic carbocycles. The summed E-state index contributed by atoms with van der Waals surface area (Å²) in [6.45, 7) is 0.181. The first-order chi connectivity index (χ1) is 9.62. The summed E-state index contributed by atoms with van der Waals surface area (Å²) in [6, 6.07) is 5.16. The molecule has 1 aromatic heterocycles. The number of aromatic nitrogens is 1. The van der Waals surface area contributed by atoms with Crippen LogP contribution in [0, 0.1) is 0 Å². The van der Waals surface area contributed by atoms with E-state index in [-0.39, 0.29) is 11.6 Å². The van der Waals surface area contributed by atoms with Crippen molar-refractivity contribution in [2.75, 3.05) is 14.2 Å². The molecule has 0 aliphatic rings. The van der Waals surface area contributed by atoms with Crippen LogP contribution in [0.5, 0.6) is 17.2 Å². The minimum absolute atomic E-state index is 0.0480. The second kappa shape index (κ2) is 6.25. The molecule has 0 aliphatic carbocycles. The first-order valence-electron chi connectivity index (χ1n) is 5.66. The van der Waals surface area contributed by atoms with Crippen molar-refractivity contribution in [3.05, 3.63) is 34.3 Å². The Hall–Kier alpha value is -2.28. The van der Waals surface area contributed by atoms with Crippen LogP contribution in [0.3, 0.4) is 0 Å². The zero-order valence-electron chi connectivity index (χ0n) is 11.0. The van der Waals surface area contributed by atoms with Crippen molar-refractivity contribution in [3.63, 3.8) is 0 Å². The maximum absolute atomic E-state index is 10.7. The summed E-state index contributed by atoms with van der Waals surface area (Å²) in [6.07, 6.45) is 0. The number of benzene rings is 1. The van der Waals surface area contributed by atoms with Gasteiger partial charge >= 0.3 is 5.97 Å². The quantitative estimate of drug-likeness (QED) is 0.882. The van der Waals surface area contributed by atoms with Gasteiger partial charge in [-0.2, -0.15) is 0 Å². The van der Waals surface area contributed by atoms with E-state index in [9.17, 15) is 4.79 Å². The number of carbonyl (C=O) groups is 1. The van der Waals surface area contributed by atoms with Gasteiger partial charge < -0.3 is 19.3 Å². The number of rotatable bonds is 6. The SMILES string of the molecule is COc1cc(OC)cc(OCc2csc(C(=O)O)n2)c1. The Morgan fingerprint density at radius 3 is 2.30 bits per heavy atom. The smallest absolute Gasteiger partial charge is 0.365 e. The predicted octanol–water partition coefficient (Wildman–Crippen LogP) is 2.44. The Morgan fingerprint density at radius 2 is 1.80 bits per heavy atom. The number of aromatic carboxylic acids is 1. The molecule has 0 amide bonds. The number of carboxylic acids is 1. The van der Waals surface area contributed by atoms with Crippen LogP contribution in [0.1, 0.15) is 15.5 Å². The van der Waals surface area contributed by atoms with E-state index in [1.165, 1.54) is 0 Å². The van der Waals surface area contributed by atoms with E-state index in [4.69, 9.17) is 19.3 Å². The molecule has 2 aromatic rings. The molecular weight excluding hydrogens is 282 g/mol. The summed E-state index contributed by atoms with van der Waals surface area (Å²) in [4.78, 5) is 14.7. The Bertz CT molecular complexity index is 588. The van der Waals surface area contributed by atoms with Crippen LogP contribution >= 0.6 is 11.3 Å². The summed E-state index contributed by atoms with van der Waals surface area (Å²) >= 11 is 1.07. The van der Waals surface area contributed by atoms with Gasteiger partial charge in [-0.3, -0.25) is 0 Å². The van der Waals surface area contributed by atoms with Crippen LogP contribution in [0.15, 0.2) is 23.6 Å². The molecule has 7 heteroatoms. The maximum atomic E-state index is 10.7. The Morgan fingerprint density at radius 1 is 1.20 bits per heavy atom. The van der Waals surface area contributed by atoms with Gasteiger partial charge in [0.05, 0.1) is 19.9 Å². The van der Waals surface area contributed by atoms with Gasteiger partial charge in [0.2, 0.25) is 5.01 Å². The van der Waals surface area contributed by atoms with Crippen LogP contribution < -0.4 is 14.2 Å². The molecule has 2 rings (SSSR count). The first-order valence-corrected chi connectivity index (χ1v) is 6.54. The van der Waals surface area contributed by atoms with E-state index in [0.717, 1.165) is 11.3 Å². The second-order valence-corrected chi connectivity index (χ2v) is 4.64. The number of hydrogen-bond acceptors (Lipinski definition) is 6. The van der Waals surface area contributed by atoms with E-state index in [0.29, 0.717) is 22.9 Å². The van der Waals surface area contributed by atoms with E-state index < -0.39 is 5.97 Å². The highest BCUT2D eigenvalue weighted by Gasteiger charge is 2.10. The molecule has 0 spiro atoms. The molecule has 6 nitrogen and oxygen atoms in total. The predicted molar refractivity (Wildman–Crippen MR) is 73.0 cm³/mol. The molecule has 0 saturated carbocycles. The van der Waals surface area contributed by atoms with Gasteiger partial charge in [0.15, 0.2) is 0 Å². The molecule has 0 atom stereocenters. The molecule has 106 valence electrons. The Balaban J connectivity index is 2.07. The van der Waals surface area contributed by atoms with Crippen LogP contribution in [0.2, 0.25) is 0 Å². The fourth-order valence-electron chi connectivity index (χ4n) is 1.49. The zero-order chi connectivity index (χ0) is 14.5. The van der Waals surface area contributed by atoms with E-state index >= 15 is 0 Å². The minimum Gasteiger partial charge on any atom is -0.496 e. The van der Waals surface area contributed by atoms with Crippen molar-refractivity contribution in [1.82, 2.24) is 4.98 Å². The molecule has 0 bridgehead atoms. The van der Waals surface area contributed by atoms with Crippen molar-refractivity contribution in [2.45, 2.75) is 6.61 Å². The molecule has 1 N–H and O–H groups in total. The normalized spacial score (nSPS) is 10.1. The number of thiazole rings is 1. The lowest BCUT2D eigenvalue weighted by Gasteiger charge is -2.09. The molecule has 0 fully saturated rings. The Labute approximate surface area is 119 Å². The van der Waals surface area contributed by atoms with Crippen LogP contribution in [0.25, 0.3) is 0 Å². The highest BCUT2D eigenvalue weighted by atomic mass is 32.1. The number of hydrogen-bond donors (Lipinski definition) is 1. The van der Waals surface area contributed by atoms with Gasteiger partial charge in [-0.15, -0.1) is 11.3 Å². The van der Waals surface area contributed by atoms with E-state index in [2.05, 4.69) is 4.98 Å². The summed E-state index contributed by atoms with van der Waals surface area (Å²) in [5.74, 6) is 0.753. The number of carboxylic acid groups (broad SMARTS) is 1. The highest BCUT2D eigenvalue weighted by molar-refractivity contribution is 7.11. The van der Waals surface area contributed by atoms with Crippen molar-refractivity contribution >= 4 is 17.3 Å². The summed E-state index contributed by atoms with van der Waals surface area (Å²) in [5, 5.41) is 10.5. The number of methoxy groups -OCH3 is 2. The Kier molecular flexibility index (Phi) is 4.41. The van der Waals surface area contributed by atoms with Gasteiger partial charge in [0.25, 0.3) is 0 Å². The lowest BCUT2D eigenvalue weighted by Crippen LogP contribution is -1.99. The van der Waals surface area contributed by atoms with Crippen molar-refractivity contribution in [2.24, 2.45) is 0 Å². The van der Waals surface area contributed by atoms with Gasteiger partial charge in [0.1, 0.15) is 23.9 Å². The number of nitrogens with zero attached hydrogens (tertiary/aromatic N) is 1. The fourth-order valence-corrected chi connectivity index (χ4v) is 2.13. The summed E-state index contributed by atoms with van der Waals surface area (Å²) in [5.41, 5.74) is 0.564. The van der Waals surface area contributed by atoms with E-state index in [1.54, 1.807) is 37.8 Å². The molecule has 1 heterocycles. The molecule has 20 heavy (non-hydrogen) atoms. The zero-order valence-corrected chi connectivity index (χ0v) is 11.8. The molecule has 0 saturated heterocycles. The summed E-state index contributed by atoms with van der Waals surface area (Å²) in [7, 11) is 3.11. The third-order valence-corrected chi connectivity index (χ3v) is 3.33.